The van der Waals surface area contributed by atoms with Crippen LogP contribution in [0.15, 0.2) is 53.5 Å². The van der Waals surface area contributed by atoms with Crippen molar-refractivity contribution < 1.29 is 9.47 Å². The number of rotatable bonds is 7. The lowest BCUT2D eigenvalue weighted by Crippen LogP contribution is -2.37. The van der Waals surface area contributed by atoms with Gasteiger partial charge in [-0.25, -0.2) is 4.99 Å². The molecule has 0 aliphatic carbocycles. The fourth-order valence-corrected chi connectivity index (χ4v) is 2.97. The van der Waals surface area contributed by atoms with Gasteiger partial charge in [-0.05, 0) is 37.9 Å². The molecule has 0 aromatic heterocycles. The van der Waals surface area contributed by atoms with E-state index in [1.165, 1.54) is 0 Å². The molecule has 0 saturated carbocycles. The lowest BCUT2D eigenvalue weighted by molar-refractivity contribution is 0.261. The number of guanidine groups is 1. The number of benzene rings is 2. The summed E-state index contributed by atoms with van der Waals surface area (Å²) in [4.78, 5) is 6.58. The molecule has 144 valence electrons. The molecule has 27 heavy (non-hydrogen) atoms. The van der Waals surface area contributed by atoms with Crippen LogP contribution in [-0.2, 0) is 6.54 Å². The fourth-order valence-electron chi connectivity index (χ4n) is 2.97. The Balaban J connectivity index is 1.57. The quantitative estimate of drug-likeness (QED) is 0.580. The van der Waals surface area contributed by atoms with Crippen LogP contribution in [0.5, 0.6) is 11.5 Å². The highest BCUT2D eigenvalue weighted by Gasteiger charge is 2.21. The molecular weight excluding hydrogens is 340 g/mol. The standard InChI is InChI=1S/C21H28N4O2/c1-25(2)11-13-26-17-7-5-6-16(14-17)15-23-21(22)24-19-10-12-27-20-9-4-3-8-18(19)20/h3-9,14,19H,10-13,15H2,1-2H3,(H3,22,23,24). The minimum atomic E-state index is 0.124. The summed E-state index contributed by atoms with van der Waals surface area (Å²) in [7, 11) is 4.06. The Morgan fingerprint density at radius 3 is 2.96 bits per heavy atom. The summed E-state index contributed by atoms with van der Waals surface area (Å²) < 4.78 is 11.5. The first-order valence-electron chi connectivity index (χ1n) is 9.26. The number of likely N-dealkylation sites (N-methyl/N-ethyl adjacent to an activating group) is 1. The maximum atomic E-state index is 6.12. The maximum absolute atomic E-state index is 6.12. The molecule has 1 aliphatic heterocycles. The predicted molar refractivity (Wildman–Crippen MR) is 108 cm³/mol. The van der Waals surface area contributed by atoms with E-state index in [1.54, 1.807) is 0 Å². The van der Waals surface area contributed by atoms with Crippen LogP contribution < -0.4 is 20.5 Å². The topological polar surface area (TPSA) is 72.1 Å². The molecular formula is C21H28N4O2. The van der Waals surface area contributed by atoms with E-state index in [4.69, 9.17) is 15.2 Å². The Hall–Kier alpha value is -2.73. The van der Waals surface area contributed by atoms with Gasteiger partial charge < -0.3 is 25.4 Å². The first-order valence-corrected chi connectivity index (χ1v) is 9.26. The normalized spacial score (nSPS) is 16.6. The molecule has 0 radical (unpaired) electrons. The highest BCUT2D eigenvalue weighted by molar-refractivity contribution is 5.78. The van der Waals surface area contributed by atoms with E-state index in [-0.39, 0.29) is 6.04 Å². The van der Waals surface area contributed by atoms with Crippen molar-refractivity contribution in [2.24, 2.45) is 10.7 Å². The zero-order valence-electron chi connectivity index (χ0n) is 16.0. The van der Waals surface area contributed by atoms with Crippen molar-refractivity contribution in [1.29, 1.82) is 0 Å². The molecule has 2 aromatic rings. The van der Waals surface area contributed by atoms with Crippen molar-refractivity contribution in [2.45, 2.75) is 19.0 Å². The van der Waals surface area contributed by atoms with E-state index in [0.717, 1.165) is 35.6 Å². The van der Waals surface area contributed by atoms with Gasteiger partial charge in [-0.2, -0.15) is 0 Å². The molecule has 0 amide bonds. The molecule has 1 unspecified atom stereocenters. The third-order valence-corrected chi connectivity index (χ3v) is 4.42. The van der Waals surface area contributed by atoms with Gasteiger partial charge in [0.1, 0.15) is 18.1 Å². The lowest BCUT2D eigenvalue weighted by Gasteiger charge is -2.26. The van der Waals surface area contributed by atoms with Crippen molar-refractivity contribution in [2.75, 3.05) is 33.9 Å². The Bertz CT molecular complexity index is 776. The second-order valence-corrected chi connectivity index (χ2v) is 6.87. The SMILES string of the molecule is CN(C)CCOc1cccc(CN=C(N)NC2CCOc3ccccc32)c1. The Morgan fingerprint density at radius 1 is 1.26 bits per heavy atom. The first kappa shape index (κ1) is 19.0. The molecule has 1 heterocycles. The zero-order chi connectivity index (χ0) is 19.1. The predicted octanol–water partition coefficient (Wildman–Crippen LogP) is 2.56. The van der Waals surface area contributed by atoms with Crippen LogP contribution in [0.1, 0.15) is 23.6 Å². The number of nitrogens with one attached hydrogen (secondary N) is 1. The van der Waals surface area contributed by atoms with Gasteiger partial charge in [0.05, 0.1) is 19.2 Å². The summed E-state index contributed by atoms with van der Waals surface area (Å²) in [6.07, 6.45) is 0.864. The molecule has 6 heteroatoms. The van der Waals surface area contributed by atoms with Gasteiger partial charge in [0, 0.05) is 18.5 Å². The van der Waals surface area contributed by atoms with Crippen LogP contribution in [0.4, 0.5) is 0 Å². The monoisotopic (exact) mass is 368 g/mol. The van der Waals surface area contributed by atoms with Gasteiger partial charge in [-0.15, -0.1) is 0 Å². The van der Waals surface area contributed by atoms with E-state index < -0.39 is 0 Å². The van der Waals surface area contributed by atoms with Gasteiger partial charge in [-0.3, -0.25) is 0 Å². The van der Waals surface area contributed by atoms with Crippen molar-refractivity contribution in [3.05, 3.63) is 59.7 Å². The number of hydrogen-bond acceptors (Lipinski definition) is 4. The molecule has 1 atom stereocenters. The second kappa shape index (κ2) is 9.28. The minimum absolute atomic E-state index is 0.124. The molecule has 3 N–H and O–H groups in total. The van der Waals surface area contributed by atoms with Crippen molar-refractivity contribution in [3.8, 4) is 11.5 Å². The maximum Gasteiger partial charge on any atom is 0.189 e. The van der Waals surface area contributed by atoms with Gasteiger partial charge in [-0.1, -0.05) is 30.3 Å². The fraction of sp³-hybridized carbons (Fsp3) is 0.381. The van der Waals surface area contributed by atoms with Gasteiger partial charge >= 0.3 is 0 Å². The molecule has 1 aliphatic rings. The molecule has 2 aromatic carbocycles. The van der Waals surface area contributed by atoms with Crippen LogP contribution in [0, 0.1) is 0 Å². The van der Waals surface area contributed by atoms with Gasteiger partial charge in [0.25, 0.3) is 0 Å². The first-order chi connectivity index (χ1) is 13.1. The average molecular weight is 368 g/mol. The number of nitrogens with zero attached hydrogens (tertiary/aromatic N) is 2. The third kappa shape index (κ3) is 5.62. The summed E-state index contributed by atoms with van der Waals surface area (Å²) in [6, 6.07) is 16.1. The van der Waals surface area contributed by atoms with Crippen LogP contribution in [0.3, 0.4) is 0 Å². The molecule has 6 nitrogen and oxygen atoms in total. The lowest BCUT2D eigenvalue weighted by atomic mass is 10.0. The van der Waals surface area contributed by atoms with Gasteiger partial charge in [0.2, 0.25) is 0 Å². The average Bonchev–Trinajstić information content (AvgIpc) is 2.67. The summed E-state index contributed by atoms with van der Waals surface area (Å²) >= 11 is 0. The number of para-hydroxylation sites is 1. The highest BCUT2D eigenvalue weighted by Crippen LogP contribution is 2.31. The molecule has 0 bridgehead atoms. The number of ether oxygens (including phenoxy) is 2. The smallest absolute Gasteiger partial charge is 0.189 e. The molecule has 0 saturated heterocycles. The van der Waals surface area contributed by atoms with Crippen LogP contribution >= 0.6 is 0 Å². The number of nitrogens with two attached hydrogens (primary N) is 1. The van der Waals surface area contributed by atoms with Crippen LogP contribution in [0.25, 0.3) is 0 Å². The van der Waals surface area contributed by atoms with E-state index in [0.29, 0.717) is 25.7 Å². The van der Waals surface area contributed by atoms with Crippen molar-refractivity contribution >= 4 is 5.96 Å². The summed E-state index contributed by atoms with van der Waals surface area (Å²) in [5.41, 5.74) is 8.31. The van der Waals surface area contributed by atoms with E-state index in [1.807, 2.05) is 56.6 Å². The largest absolute Gasteiger partial charge is 0.493 e. The molecule has 0 fully saturated rings. The van der Waals surface area contributed by atoms with E-state index in [9.17, 15) is 0 Å². The van der Waals surface area contributed by atoms with Crippen molar-refractivity contribution in [3.63, 3.8) is 0 Å². The Morgan fingerprint density at radius 2 is 2.11 bits per heavy atom. The summed E-state index contributed by atoms with van der Waals surface area (Å²) in [5, 5.41) is 3.32. The molecule has 0 spiro atoms. The Labute approximate surface area is 161 Å². The number of hydrogen-bond donors (Lipinski definition) is 2. The third-order valence-electron chi connectivity index (χ3n) is 4.42. The second-order valence-electron chi connectivity index (χ2n) is 6.87. The summed E-state index contributed by atoms with van der Waals surface area (Å²) in [6.45, 7) is 2.72. The summed E-state index contributed by atoms with van der Waals surface area (Å²) in [5.74, 6) is 2.21. The van der Waals surface area contributed by atoms with Crippen LogP contribution in [0.2, 0.25) is 0 Å². The Kier molecular flexibility index (Phi) is 6.54. The molecule has 3 rings (SSSR count). The van der Waals surface area contributed by atoms with Gasteiger partial charge in [0.15, 0.2) is 5.96 Å². The van der Waals surface area contributed by atoms with E-state index in [2.05, 4.69) is 21.3 Å². The van der Waals surface area contributed by atoms with Crippen LogP contribution in [-0.4, -0.2) is 44.7 Å². The van der Waals surface area contributed by atoms with Crippen molar-refractivity contribution in [1.82, 2.24) is 10.2 Å². The highest BCUT2D eigenvalue weighted by atomic mass is 16.5. The zero-order valence-corrected chi connectivity index (χ0v) is 16.0. The minimum Gasteiger partial charge on any atom is -0.493 e. The number of aliphatic imine (C=N–C) groups is 1. The van der Waals surface area contributed by atoms with E-state index >= 15 is 0 Å². The number of fused-ring (bicyclic) bond motifs is 1.